The number of amides is 1. The van der Waals surface area contributed by atoms with Gasteiger partial charge in [0, 0.05) is 12.1 Å². The molecule has 0 aromatic rings. The molecule has 2 heteroatoms. The summed E-state index contributed by atoms with van der Waals surface area (Å²) < 4.78 is 0. The second-order valence-electron chi connectivity index (χ2n) is 4.08. The van der Waals surface area contributed by atoms with Crippen LogP contribution in [0.1, 0.15) is 33.1 Å². The summed E-state index contributed by atoms with van der Waals surface area (Å²) in [5.41, 5.74) is 0.819. The summed E-state index contributed by atoms with van der Waals surface area (Å²) in [5, 5.41) is 2.93. The smallest absolute Gasteiger partial charge is 0.250 e. The number of carbonyl (C=O) groups is 1. The van der Waals surface area contributed by atoms with E-state index in [0.29, 0.717) is 5.92 Å². The number of hydrogen-bond acceptors (Lipinski definition) is 1. The maximum absolute atomic E-state index is 11.5. The molecule has 0 fully saturated rings. The average Bonchev–Trinajstić information content (AvgIpc) is 2.18. The normalized spacial score (nSPS) is 15.5. The number of allylic oxidation sites excluding steroid dienone is 2. The van der Waals surface area contributed by atoms with Crippen LogP contribution in [0.3, 0.4) is 0 Å². The molecule has 1 N–H and O–H groups in total. The van der Waals surface area contributed by atoms with Crippen LogP contribution in [0.15, 0.2) is 23.8 Å². The van der Waals surface area contributed by atoms with Gasteiger partial charge in [-0.3, -0.25) is 4.79 Å². The fraction of sp³-hybridized carbons (Fsp3) is 0.583. The maximum Gasteiger partial charge on any atom is 0.250 e. The third kappa shape index (κ3) is 3.77. The third-order valence-corrected chi connectivity index (χ3v) is 2.26. The van der Waals surface area contributed by atoms with Gasteiger partial charge in [-0.2, -0.15) is 0 Å². The van der Waals surface area contributed by atoms with Crippen LogP contribution in [-0.2, 0) is 4.79 Å². The van der Waals surface area contributed by atoms with Crippen LogP contribution in [0.5, 0.6) is 0 Å². The van der Waals surface area contributed by atoms with Crippen LogP contribution in [0.2, 0.25) is 0 Å². The summed E-state index contributed by atoms with van der Waals surface area (Å²) in [4.78, 5) is 11.5. The van der Waals surface area contributed by atoms with E-state index in [0.717, 1.165) is 31.4 Å². The molecule has 0 spiro atoms. The minimum Gasteiger partial charge on any atom is -0.352 e. The highest BCUT2D eigenvalue weighted by Crippen LogP contribution is 2.09. The van der Waals surface area contributed by atoms with Gasteiger partial charge in [-0.15, -0.1) is 0 Å². The Hall–Kier alpha value is -1.05. The first-order chi connectivity index (χ1) is 6.70. The van der Waals surface area contributed by atoms with Gasteiger partial charge in [0.25, 0.3) is 5.91 Å². The predicted octanol–water partition coefficient (Wildman–Crippen LogP) is 2.43. The molecule has 0 bridgehead atoms. The predicted molar refractivity (Wildman–Crippen MR) is 58.9 cm³/mol. The number of nitrogens with one attached hydrogen (secondary N) is 1. The molecule has 2 nitrogen and oxygen atoms in total. The van der Waals surface area contributed by atoms with Gasteiger partial charge in [-0.05, 0) is 25.2 Å². The fourth-order valence-electron chi connectivity index (χ4n) is 1.36. The van der Waals surface area contributed by atoms with Crippen molar-refractivity contribution in [3.63, 3.8) is 0 Å². The Kier molecular flexibility index (Phi) is 4.44. The van der Waals surface area contributed by atoms with Crippen LogP contribution >= 0.6 is 0 Å². The molecule has 0 atom stereocenters. The lowest BCUT2D eigenvalue weighted by atomic mass is 10.1. The summed E-state index contributed by atoms with van der Waals surface area (Å²) in [6.45, 7) is 5.10. The third-order valence-electron chi connectivity index (χ3n) is 2.26. The molecule has 0 aliphatic heterocycles. The van der Waals surface area contributed by atoms with E-state index >= 15 is 0 Å². The summed E-state index contributed by atoms with van der Waals surface area (Å²) in [7, 11) is 0. The lowest BCUT2D eigenvalue weighted by molar-refractivity contribution is -0.117. The van der Waals surface area contributed by atoms with Gasteiger partial charge >= 0.3 is 0 Å². The van der Waals surface area contributed by atoms with Crippen LogP contribution in [-0.4, -0.2) is 12.5 Å². The molecule has 0 unspecified atom stereocenters. The Morgan fingerprint density at radius 1 is 1.50 bits per heavy atom. The molecule has 0 saturated heterocycles. The van der Waals surface area contributed by atoms with Gasteiger partial charge < -0.3 is 5.32 Å². The summed E-state index contributed by atoms with van der Waals surface area (Å²) in [6.07, 6.45) is 9.06. The van der Waals surface area contributed by atoms with Gasteiger partial charge in [0.15, 0.2) is 0 Å². The van der Waals surface area contributed by atoms with Gasteiger partial charge in [-0.1, -0.05) is 32.1 Å². The van der Waals surface area contributed by atoms with Crippen LogP contribution in [0, 0.1) is 5.92 Å². The second-order valence-corrected chi connectivity index (χ2v) is 4.08. The van der Waals surface area contributed by atoms with Gasteiger partial charge in [0.05, 0.1) is 0 Å². The Bertz CT molecular complexity index is 251. The maximum atomic E-state index is 11.5. The van der Waals surface area contributed by atoms with E-state index < -0.39 is 0 Å². The summed E-state index contributed by atoms with van der Waals surface area (Å²) in [6, 6.07) is 0. The molecule has 1 aliphatic rings. The monoisotopic (exact) mass is 193 g/mol. The minimum absolute atomic E-state index is 0.0709. The first kappa shape index (κ1) is 11.0. The zero-order chi connectivity index (χ0) is 10.4. The van der Waals surface area contributed by atoms with E-state index in [1.54, 1.807) is 0 Å². The van der Waals surface area contributed by atoms with Crippen molar-refractivity contribution in [1.82, 2.24) is 5.32 Å². The Labute approximate surface area is 86.1 Å². The number of hydrogen-bond donors (Lipinski definition) is 1. The molecule has 0 heterocycles. The van der Waals surface area contributed by atoms with Crippen molar-refractivity contribution in [2.24, 2.45) is 5.92 Å². The van der Waals surface area contributed by atoms with Crippen molar-refractivity contribution in [3.05, 3.63) is 23.8 Å². The highest BCUT2D eigenvalue weighted by molar-refractivity contribution is 5.96. The number of carbonyl (C=O) groups excluding carboxylic acids is 1. The van der Waals surface area contributed by atoms with Crippen molar-refractivity contribution in [2.45, 2.75) is 33.1 Å². The van der Waals surface area contributed by atoms with Crippen molar-refractivity contribution in [3.8, 4) is 0 Å². The SMILES string of the molecule is CC(C)CCNC(=O)C1=CCCC=C1. The lowest BCUT2D eigenvalue weighted by Crippen LogP contribution is -2.26. The topological polar surface area (TPSA) is 29.1 Å². The van der Waals surface area contributed by atoms with Crippen molar-refractivity contribution in [1.29, 1.82) is 0 Å². The standard InChI is InChI=1S/C12H19NO/c1-10(2)8-9-13-12(14)11-6-4-3-5-7-11/h4,6-7,10H,3,5,8-9H2,1-2H3,(H,13,14). The molecule has 1 amide bonds. The first-order valence-corrected chi connectivity index (χ1v) is 5.35. The fourth-order valence-corrected chi connectivity index (χ4v) is 1.36. The van der Waals surface area contributed by atoms with Crippen molar-refractivity contribution >= 4 is 5.91 Å². The summed E-state index contributed by atoms with van der Waals surface area (Å²) >= 11 is 0. The van der Waals surface area contributed by atoms with Crippen molar-refractivity contribution in [2.75, 3.05) is 6.54 Å². The largest absolute Gasteiger partial charge is 0.352 e. The van der Waals surface area contributed by atoms with E-state index in [1.165, 1.54) is 0 Å². The average molecular weight is 193 g/mol. The Balaban J connectivity index is 2.28. The van der Waals surface area contributed by atoms with Crippen LogP contribution in [0.4, 0.5) is 0 Å². The molecule has 0 radical (unpaired) electrons. The molecule has 0 saturated carbocycles. The Morgan fingerprint density at radius 3 is 2.86 bits per heavy atom. The summed E-state index contributed by atoms with van der Waals surface area (Å²) in [5.74, 6) is 0.716. The Morgan fingerprint density at radius 2 is 2.29 bits per heavy atom. The van der Waals surface area contributed by atoms with E-state index in [1.807, 2.05) is 12.2 Å². The minimum atomic E-state index is 0.0709. The quantitative estimate of drug-likeness (QED) is 0.730. The highest BCUT2D eigenvalue weighted by atomic mass is 16.1. The second kappa shape index (κ2) is 5.63. The van der Waals surface area contributed by atoms with Gasteiger partial charge in [0.1, 0.15) is 0 Å². The molecular weight excluding hydrogens is 174 g/mol. The molecular formula is C12H19NO. The van der Waals surface area contributed by atoms with E-state index in [4.69, 9.17) is 0 Å². The molecule has 78 valence electrons. The zero-order valence-corrected chi connectivity index (χ0v) is 9.05. The van der Waals surface area contributed by atoms with Crippen LogP contribution in [0.25, 0.3) is 0 Å². The lowest BCUT2D eigenvalue weighted by Gasteiger charge is -2.09. The highest BCUT2D eigenvalue weighted by Gasteiger charge is 2.07. The molecule has 1 aliphatic carbocycles. The number of rotatable bonds is 4. The van der Waals surface area contributed by atoms with Gasteiger partial charge in [-0.25, -0.2) is 0 Å². The zero-order valence-electron chi connectivity index (χ0n) is 9.05. The van der Waals surface area contributed by atoms with Gasteiger partial charge in [0.2, 0.25) is 0 Å². The van der Waals surface area contributed by atoms with Crippen molar-refractivity contribution < 1.29 is 4.79 Å². The van der Waals surface area contributed by atoms with E-state index in [-0.39, 0.29) is 5.91 Å². The molecule has 0 aromatic heterocycles. The van der Waals surface area contributed by atoms with E-state index in [9.17, 15) is 4.79 Å². The molecule has 0 aromatic carbocycles. The van der Waals surface area contributed by atoms with Crippen LogP contribution < -0.4 is 5.32 Å². The van der Waals surface area contributed by atoms with E-state index in [2.05, 4.69) is 25.2 Å². The first-order valence-electron chi connectivity index (χ1n) is 5.35. The molecule has 14 heavy (non-hydrogen) atoms. The molecule has 1 rings (SSSR count).